The predicted octanol–water partition coefficient (Wildman–Crippen LogP) is 1.43. The monoisotopic (exact) mass is 223 g/mol. The van der Waals surface area contributed by atoms with Gasteiger partial charge in [0, 0.05) is 29.4 Å². The zero-order chi connectivity index (χ0) is 12.0. The van der Waals surface area contributed by atoms with Crippen molar-refractivity contribution >= 4 is 6.09 Å². The van der Waals surface area contributed by atoms with E-state index in [9.17, 15) is 4.79 Å². The zero-order valence-electron chi connectivity index (χ0n) is 10.1. The molecule has 4 heteroatoms. The Labute approximate surface area is 96.4 Å². The minimum Gasteiger partial charge on any atom is -0.303 e. The summed E-state index contributed by atoms with van der Waals surface area (Å²) in [6.07, 6.45) is 4.15. The van der Waals surface area contributed by atoms with Gasteiger partial charge in [0.25, 0.3) is 0 Å². The summed E-state index contributed by atoms with van der Waals surface area (Å²) in [6.45, 7) is 7.23. The standard InChI is InChI=1S/C12H19N2O2/c1-4-11-8-7-9-14(10-11)16-12(15)13(5-2)6-3/h7-10H,4-6H2,1-3H3/q+1. The minimum absolute atomic E-state index is 0.316. The Balaban J connectivity index is 2.68. The van der Waals surface area contributed by atoms with Crippen molar-refractivity contribution in [3.8, 4) is 0 Å². The smallest absolute Gasteiger partial charge is 0.303 e. The SMILES string of the molecule is CCc1ccc[n+](OC(=O)N(CC)CC)c1. The minimum atomic E-state index is -0.316. The molecule has 16 heavy (non-hydrogen) atoms. The first-order chi connectivity index (χ1) is 7.71. The summed E-state index contributed by atoms with van der Waals surface area (Å²) < 4.78 is 1.46. The molecule has 1 amide bonds. The Bertz CT molecular complexity index is 349. The van der Waals surface area contributed by atoms with Crippen LogP contribution < -0.4 is 9.57 Å². The lowest BCUT2D eigenvalue weighted by Gasteiger charge is -2.14. The predicted molar refractivity (Wildman–Crippen MR) is 60.9 cm³/mol. The lowest BCUT2D eigenvalue weighted by Crippen LogP contribution is -2.50. The third-order valence-electron chi connectivity index (χ3n) is 2.45. The van der Waals surface area contributed by atoms with Crippen molar-refractivity contribution in [1.29, 1.82) is 0 Å². The molecule has 0 unspecified atom stereocenters. The second kappa shape index (κ2) is 6.10. The van der Waals surface area contributed by atoms with Gasteiger partial charge < -0.3 is 4.90 Å². The third kappa shape index (κ3) is 3.22. The highest BCUT2D eigenvalue weighted by atomic mass is 16.7. The van der Waals surface area contributed by atoms with Gasteiger partial charge in [-0.15, -0.1) is 0 Å². The van der Waals surface area contributed by atoms with Crippen LogP contribution in [0.5, 0.6) is 0 Å². The Morgan fingerprint density at radius 3 is 2.62 bits per heavy atom. The highest BCUT2D eigenvalue weighted by Crippen LogP contribution is 1.94. The van der Waals surface area contributed by atoms with E-state index >= 15 is 0 Å². The lowest BCUT2D eigenvalue weighted by atomic mass is 10.2. The highest BCUT2D eigenvalue weighted by Gasteiger charge is 2.16. The molecular weight excluding hydrogens is 204 g/mol. The van der Waals surface area contributed by atoms with Crippen LogP contribution in [0.15, 0.2) is 24.5 Å². The van der Waals surface area contributed by atoms with Crippen LogP contribution in [0, 0.1) is 0 Å². The Hall–Kier alpha value is -1.58. The molecule has 1 aromatic heterocycles. The molecule has 0 aliphatic heterocycles. The van der Waals surface area contributed by atoms with Crippen molar-refractivity contribution in [3.05, 3.63) is 30.1 Å². The van der Waals surface area contributed by atoms with E-state index in [-0.39, 0.29) is 6.09 Å². The van der Waals surface area contributed by atoms with Crippen molar-refractivity contribution in [2.75, 3.05) is 13.1 Å². The Morgan fingerprint density at radius 1 is 1.38 bits per heavy atom. The zero-order valence-corrected chi connectivity index (χ0v) is 10.1. The number of hydrogen-bond acceptors (Lipinski definition) is 2. The molecule has 4 nitrogen and oxygen atoms in total. The molecule has 0 aromatic carbocycles. The van der Waals surface area contributed by atoms with Crippen LogP contribution in [-0.4, -0.2) is 24.1 Å². The number of pyridine rings is 1. The molecule has 0 saturated carbocycles. The van der Waals surface area contributed by atoms with Crippen LogP contribution in [-0.2, 0) is 6.42 Å². The average molecular weight is 223 g/mol. The van der Waals surface area contributed by atoms with Crippen molar-refractivity contribution in [3.63, 3.8) is 0 Å². The number of rotatable bonds is 4. The molecule has 1 aromatic rings. The number of carbonyl (C=O) groups excluding carboxylic acids is 1. The average Bonchev–Trinajstić information content (AvgIpc) is 2.31. The van der Waals surface area contributed by atoms with Gasteiger partial charge in [0.1, 0.15) is 0 Å². The summed E-state index contributed by atoms with van der Waals surface area (Å²) in [4.78, 5) is 18.5. The van der Waals surface area contributed by atoms with Crippen molar-refractivity contribution in [2.24, 2.45) is 0 Å². The fourth-order valence-corrected chi connectivity index (χ4v) is 1.40. The van der Waals surface area contributed by atoms with E-state index in [1.807, 2.05) is 32.2 Å². The molecule has 88 valence electrons. The number of hydrogen-bond donors (Lipinski definition) is 0. The van der Waals surface area contributed by atoms with Gasteiger partial charge >= 0.3 is 6.09 Å². The van der Waals surface area contributed by atoms with Crippen LogP contribution in [0.25, 0.3) is 0 Å². The maximum atomic E-state index is 11.7. The molecular formula is C12H19N2O2+. The molecule has 1 heterocycles. The van der Waals surface area contributed by atoms with Crippen LogP contribution in [0.2, 0.25) is 0 Å². The topological polar surface area (TPSA) is 33.4 Å². The second-order valence-electron chi connectivity index (χ2n) is 3.46. The van der Waals surface area contributed by atoms with Gasteiger partial charge in [0.15, 0.2) is 0 Å². The van der Waals surface area contributed by atoms with Gasteiger partial charge in [-0.05, 0) is 26.3 Å². The van der Waals surface area contributed by atoms with Gasteiger partial charge in [-0.25, -0.2) is 4.79 Å². The number of nitrogens with zero attached hydrogens (tertiary/aromatic N) is 2. The molecule has 0 N–H and O–H groups in total. The summed E-state index contributed by atoms with van der Waals surface area (Å²) in [5, 5.41) is 0. The highest BCUT2D eigenvalue weighted by molar-refractivity contribution is 5.66. The van der Waals surface area contributed by atoms with Gasteiger partial charge in [-0.3, -0.25) is 0 Å². The number of amides is 1. The number of aryl methyl sites for hydroxylation is 1. The third-order valence-corrected chi connectivity index (χ3v) is 2.45. The van der Waals surface area contributed by atoms with Crippen LogP contribution in [0.1, 0.15) is 26.3 Å². The maximum absolute atomic E-state index is 11.7. The molecule has 1 rings (SSSR count). The summed E-state index contributed by atoms with van der Waals surface area (Å²) in [7, 11) is 0. The first-order valence-corrected chi connectivity index (χ1v) is 5.68. The molecule has 0 spiro atoms. The fraction of sp³-hybridized carbons (Fsp3) is 0.500. The van der Waals surface area contributed by atoms with E-state index in [0.29, 0.717) is 13.1 Å². The fourth-order valence-electron chi connectivity index (χ4n) is 1.40. The normalized spacial score (nSPS) is 9.94. The molecule has 0 aliphatic rings. The van der Waals surface area contributed by atoms with Crippen LogP contribution in [0.4, 0.5) is 4.79 Å². The van der Waals surface area contributed by atoms with E-state index in [2.05, 4.69) is 6.92 Å². The van der Waals surface area contributed by atoms with Crippen molar-refractivity contribution < 1.29 is 14.4 Å². The first-order valence-electron chi connectivity index (χ1n) is 5.68. The Kier molecular flexibility index (Phi) is 4.76. The summed E-state index contributed by atoms with van der Waals surface area (Å²) in [5.41, 5.74) is 1.13. The van der Waals surface area contributed by atoms with Gasteiger partial charge in [-0.2, -0.15) is 4.84 Å². The molecule has 0 bridgehead atoms. The van der Waals surface area contributed by atoms with Gasteiger partial charge in [0.2, 0.25) is 12.4 Å². The van der Waals surface area contributed by atoms with Crippen molar-refractivity contribution in [1.82, 2.24) is 4.90 Å². The van der Waals surface area contributed by atoms with E-state index < -0.39 is 0 Å². The maximum Gasteiger partial charge on any atom is 0.478 e. The van der Waals surface area contributed by atoms with Gasteiger partial charge in [0.05, 0.1) is 0 Å². The Morgan fingerprint density at radius 2 is 2.06 bits per heavy atom. The van der Waals surface area contributed by atoms with Crippen molar-refractivity contribution in [2.45, 2.75) is 27.2 Å². The first kappa shape index (κ1) is 12.5. The van der Waals surface area contributed by atoms with E-state index in [1.165, 1.54) is 4.73 Å². The van der Waals surface area contributed by atoms with E-state index in [1.54, 1.807) is 11.1 Å². The summed E-state index contributed by atoms with van der Waals surface area (Å²) in [6, 6.07) is 3.87. The van der Waals surface area contributed by atoms with Crippen LogP contribution in [0.3, 0.4) is 0 Å². The van der Waals surface area contributed by atoms with E-state index in [0.717, 1.165) is 12.0 Å². The lowest BCUT2D eigenvalue weighted by molar-refractivity contribution is -0.869. The molecule has 0 fully saturated rings. The molecule has 0 atom stereocenters. The molecule has 0 saturated heterocycles. The molecule has 0 aliphatic carbocycles. The van der Waals surface area contributed by atoms with Crippen LogP contribution >= 0.6 is 0 Å². The quantitative estimate of drug-likeness (QED) is 0.723. The molecule has 0 radical (unpaired) electrons. The summed E-state index contributed by atoms with van der Waals surface area (Å²) in [5.74, 6) is 0. The number of carbonyl (C=O) groups is 1. The largest absolute Gasteiger partial charge is 0.478 e. The van der Waals surface area contributed by atoms with Gasteiger partial charge in [-0.1, -0.05) is 6.92 Å². The van der Waals surface area contributed by atoms with E-state index in [4.69, 9.17) is 4.84 Å². The summed E-state index contributed by atoms with van der Waals surface area (Å²) >= 11 is 0. The number of aromatic nitrogens is 1. The second-order valence-corrected chi connectivity index (χ2v) is 3.46.